The van der Waals surface area contributed by atoms with Gasteiger partial charge in [-0.15, -0.1) is 0 Å². The molecule has 4 nitrogen and oxygen atoms in total. The van der Waals surface area contributed by atoms with Gasteiger partial charge in [-0.05, 0) is 37.5 Å². The number of piperidine rings is 1. The van der Waals surface area contributed by atoms with Gasteiger partial charge in [0, 0.05) is 18.7 Å². The fraction of sp³-hybridized carbons (Fsp3) is 0.636. The van der Waals surface area contributed by atoms with E-state index in [1.807, 2.05) is 0 Å². The lowest BCUT2D eigenvalue weighted by atomic mass is 9.96. The Morgan fingerprint density at radius 2 is 1.64 bits per heavy atom. The lowest BCUT2D eigenvalue weighted by molar-refractivity contribution is -0.150. The molecule has 1 aliphatic rings. The van der Waals surface area contributed by atoms with Crippen molar-refractivity contribution in [3.63, 3.8) is 0 Å². The molecule has 1 aromatic carbocycles. The van der Waals surface area contributed by atoms with E-state index < -0.39 is 11.6 Å². The van der Waals surface area contributed by atoms with Crippen LogP contribution in [0.1, 0.15) is 75.1 Å². The first-order valence-corrected chi connectivity index (χ1v) is 10.4. The van der Waals surface area contributed by atoms with Crippen LogP contribution in [-0.4, -0.2) is 36.5 Å². The predicted octanol–water partition coefficient (Wildman–Crippen LogP) is 5.11. The molecule has 0 radical (unpaired) electrons. The number of benzene rings is 1. The first-order valence-electron chi connectivity index (χ1n) is 10.4. The van der Waals surface area contributed by atoms with Crippen LogP contribution >= 0.6 is 0 Å². The number of hydrogen-bond donors (Lipinski definition) is 0. The summed E-state index contributed by atoms with van der Waals surface area (Å²) >= 11 is 0. The van der Waals surface area contributed by atoms with Crippen molar-refractivity contribution in [2.24, 2.45) is 5.92 Å². The minimum Gasteiger partial charge on any atom is -0.465 e. The van der Waals surface area contributed by atoms with E-state index in [-0.39, 0.29) is 23.4 Å². The van der Waals surface area contributed by atoms with Gasteiger partial charge < -0.3 is 9.64 Å². The number of nitrogens with zero attached hydrogens (tertiary/aromatic N) is 1. The maximum atomic E-state index is 13.3. The van der Waals surface area contributed by atoms with Crippen LogP contribution in [-0.2, 0) is 9.53 Å². The lowest BCUT2D eigenvalue weighted by Crippen LogP contribution is -2.40. The van der Waals surface area contributed by atoms with Crippen molar-refractivity contribution < 1.29 is 23.1 Å². The second kappa shape index (κ2) is 11.8. The van der Waals surface area contributed by atoms with Crippen LogP contribution in [0.4, 0.5) is 8.78 Å². The molecule has 0 bridgehead atoms. The molecular weight excluding hydrogens is 364 g/mol. The zero-order valence-corrected chi connectivity index (χ0v) is 16.7. The molecule has 1 fully saturated rings. The number of ether oxygens (including phenoxy) is 1. The van der Waals surface area contributed by atoms with Crippen LogP contribution in [0, 0.1) is 17.6 Å². The maximum Gasteiger partial charge on any atom is 0.309 e. The summed E-state index contributed by atoms with van der Waals surface area (Å²) in [5.41, 5.74) is 0.124. The summed E-state index contributed by atoms with van der Waals surface area (Å²) in [6.07, 6.45) is 9.27. The normalized spacial score (nSPS) is 14.9. The van der Waals surface area contributed by atoms with E-state index in [4.69, 9.17) is 4.74 Å². The predicted molar refractivity (Wildman–Crippen MR) is 104 cm³/mol. The monoisotopic (exact) mass is 395 g/mol. The Kier molecular flexibility index (Phi) is 9.38. The number of rotatable bonds is 10. The Morgan fingerprint density at radius 1 is 1.00 bits per heavy atom. The van der Waals surface area contributed by atoms with E-state index in [2.05, 4.69) is 6.92 Å². The highest BCUT2D eigenvalue weighted by atomic mass is 19.2. The largest absolute Gasteiger partial charge is 0.465 e. The van der Waals surface area contributed by atoms with Crippen molar-refractivity contribution in [1.82, 2.24) is 4.90 Å². The number of hydrogen-bond acceptors (Lipinski definition) is 3. The molecule has 6 heteroatoms. The zero-order chi connectivity index (χ0) is 20.4. The Labute approximate surface area is 166 Å². The lowest BCUT2D eigenvalue weighted by Gasteiger charge is -2.31. The Balaban J connectivity index is 1.65. The van der Waals surface area contributed by atoms with Crippen molar-refractivity contribution in [2.45, 2.75) is 64.7 Å². The summed E-state index contributed by atoms with van der Waals surface area (Å²) < 4.78 is 31.7. The molecule has 0 atom stereocenters. The molecule has 2 rings (SSSR count). The van der Waals surface area contributed by atoms with Crippen LogP contribution < -0.4 is 0 Å². The number of likely N-dealkylation sites (tertiary alicyclic amines) is 1. The van der Waals surface area contributed by atoms with Gasteiger partial charge >= 0.3 is 5.97 Å². The van der Waals surface area contributed by atoms with Gasteiger partial charge in [-0.25, -0.2) is 8.78 Å². The summed E-state index contributed by atoms with van der Waals surface area (Å²) in [7, 11) is 0. The first kappa shape index (κ1) is 22.3. The smallest absolute Gasteiger partial charge is 0.309 e. The second-order valence-electron chi connectivity index (χ2n) is 7.48. The minimum absolute atomic E-state index is 0.124. The summed E-state index contributed by atoms with van der Waals surface area (Å²) in [4.78, 5) is 26.2. The molecule has 1 saturated heterocycles. The van der Waals surface area contributed by atoms with Crippen LogP contribution in [0.15, 0.2) is 18.2 Å². The summed E-state index contributed by atoms with van der Waals surface area (Å²) in [6.45, 7) is 3.48. The van der Waals surface area contributed by atoms with E-state index in [1.54, 1.807) is 4.90 Å². The van der Waals surface area contributed by atoms with Crippen molar-refractivity contribution in [1.29, 1.82) is 0 Å². The van der Waals surface area contributed by atoms with Gasteiger partial charge in [-0.3, -0.25) is 9.59 Å². The molecule has 1 aromatic rings. The number of esters is 1. The van der Waals surface area contributed by atoms with Crippen molar-refractivity contribution in [2.75, 3.05) is 19.7 Å². The van der Waals surface area contributed by atoms with Crippen molar-refractivity contribution in [3.8, 4) is 0 Å². The quantitative estimate of drug-likeness (QED) is 0.408. The first-order chi connectivity index (χ1) is 13.5. The highest BCUT2D eigenvalue weighted by Gasteiger charge is 2.29. The average Bonchev–Trinajstić information content (AvgIpc) is 2.71. The Hall–Kier alpha value is -1.98. The molecule has 28 heavy (non-hydrogen) atoms. The molecule has 0 spiro atoms. The van der Waals surface area contributed by atoms with Crippen LogP contribution in [0.5, 0.6) is 0 Å². The average molecular weight is 395 g/mol. The van der Waals surface area contributed by atoms with Gasteiger partial charge in [0.25, 0.3) is 5.91 Å². The van der Waals surface area contributed by atoms with Gasteiger partial charge in [-0.1, -0.05) is 45.4 Å². The molecule has 0 saturated carbocycles. The number of carbonyl (C=O) groups excluding carboxylic acids is 2. The molecule has 1 heterocycles. The third-order valence-corrected chi connectivity index (χ3v) is 5.27. The molecular formula is C22H31F2NO3. The number of amides is 1. The fourth-order valence-corrected chi connectivity index (χ4v) is 3.48. The van der Waals surface area contributed by atoms with E-state index in [0.717, 1.165) is 25.0 Å². The number of carbonyl (C=O) groups is 2. The van der Waals surface area contributed by atoms with E-state index in [1.165, 1.54) is 38.2 Å². The van der Waals surface area contributed by atoms with Crippen LogP contribution in [0.25, 0.3) is 0 Å². The van der Waals surface area contributed by atoms with Crippen molar-refractivity contribution >= 4 is 11.9 Å². The summed E-state index contributed by atoms with van der Waals surface area (Å²) in [6, 6.07) is 3.15. The topological polar surface area (TPSA) is 46.6 Å². The summed E-state index contributed by atoms with van der Waals surface area (Å²) in [5, 5.41) is 0. The highest BCUT2D eigenvalue weighted by molar-refractivity contribution is 5.94. The van der Waals surface area contributed by atoms with Crippen LogP contribution in [0.3, 0.4) is 0 Å². The van der Waals surface area contributed by atoms with Crippen LogP contribution in [0.2, 0.25) is 0 Å². The standard InChI is InChI=1S/C22H31F2NO3/c1-2-3-4-5-6-7-8-15-28-22(27)17-11-13-25(14-12-17)21(26)18-9-10-19(23)20(24)16-18/h9-10,16-17H,2-8,11-15H2,1H3. The van der Waals surface area contributed by atoms with Gasteiger partial charge in [-0.2, -0.15) is 0 Å². The third-order valence-electron chi connectivity index (χ3n) is 5.27. The van der Waals surface area contributed by atoms with Gasteiger partial charge in [0.05, 0.1) is 12.5 Å². The molecule has 0 unspecified atom stereocenters. The molecule has 156 valence electrons. The number of halogens is 2. The van der Waals surface area contributed by atoms with Crippen molar-refractivity contribution in [3.05, 3.63) is 35.4 Å². The second-order valence-corrected chi connectivity index (χ2v) is 7.48. The van der Waals surface area contributed by atoms with E-state index >= 15 is 0 Å². The maximum absolute atomic E-state index is 13.3. The van der Waals surface area contributed by atoms with Gasteiger partial charge in [0.15, 0.2) is 11.6 Å². The minimum atomic E-state index is -1.03. The molecule has 1 aliphatic heterocycles. The highest BCUT2D eigenvalue weighted by Crippen LogP contribution is 2.21. The molecule has 1 amide bonds. The molecule has 0 N–H and O–H groups in total. The number of unbranched alkanes of at least 4 members (excludes halogenated alkanes) is 6. The Morgan fingerprint density at radius 3 is 2.29 bits per heavy atom. The van der Waals surface area contributed by atoms with Gasteiger partial charge in [0.2, 0.25) is 0 Å². The van der Waals surface area contributed by atoms with Gasteiger partial charge in [0.1, 0.15) is 0 Å². The summed E-state index contributed by atoms with van der Waals surface area (Å²) in [5.74, 6) is -2.73. The SMILES string of the molecule is CCCCCCCCCOC(=O)C1CCN(C(=O)c2ccc(F)c(F)c2)CC1. The molecule has 0 aromatic heterocycles. The zero-order valence-electron chi connectivity index (χ0n) is 16.7. The Bertz CT molecular complexity index is 643. The third kappa shape index (κ3) is 6.88. The molecule has 0 aliphatic carbocycles. The fourth-order valence-electron chi connectivity index (χ4n) is 3.48. The van der Waals surface area contributed by atoms with E-state index in [9.17, 15) is 18.4 Å². The van der Waals surface area contributed by atoms with E-state index in [0.29, 0.717) is 32.5 Å².